The van der Waals surface area contributed by atoms with E-state index in [0.29, 0.717) is 26.2 Å². The van der Waals surface area contributed by atoms with Gasteiger partial charge in [-0.05, 0) is 20.8 Å². The molecule has 3 N–H and O–H groups in total. The second-order valence-electron chi connectivity index (χ2n) is 6.14. The first-order chi connectivity index (χ1) is 8.25. The first-order valence-corrected chi connectivity index (χ1v) is 5.98. The van der Waals surface area contributed by atoms with Crippen LogP contribution in [-0.4, -0.2) is 53.7 Å². The Morgan fingerprint density at radius 1 is 1.17 bits per heavy atom. The van der Waals surface area contributed by atoms with Crippen molar-refractivity contribution in [1.29, 1.82) is 0 Å². The van der Waals surface area contributed by atoms with Crippen molar-refractivity contribution >= 4 is 12.1 Å². The normalized spacial score (nSPS) is 21.1. The summed E-state index contributed by atoms with van der Waals surface area (Å²) >= 11 is 0. The molecule has 2 heterocycles. The van der Waals surface area contributed by atoms with E-state index in [0.717, 1.165) is 0 Å². The highest BCUT2D eigenvalue weighted by atomic mass is 16.6. The Kier molecular flexibility index (Phi) is 2.89. The summed E-state index contributed by atoms with van der Waals surface area (Å²) in [5.41, 5.74) is 1.69. The van der Waals surface area contributed by atoms with E-state index in [1.807, 2.05) is 20.8 Å². The van der Waals surface area contributed by atoms with Crippen molar-refractivity contribution in [3.63, 3.8) is 0 Å². The summed E-state index contributed by atoms with van der Waals surface area (Å²) < 4.78 is 5.27. The molecule has 0 saturated carbocycles. The van der Waals surface area contributed by atoms with E-state index in [1.165, 1.54) is 0 Å². The molecule has 0 aromatic rings. The Morgan fingerprint density at radius 3 is 2.11 bits per heavy atom. The van der Waals surface area contributed by atoms with Gasteiger partial charge in [0, 0.05) is 31.6 Å². The largest absolute Gasteiger partial charge is 0.444 e. The van der Waals surface area contributed by atoms with Crippen molar-refractivity contribution < 1.29 is 14.3 Å². The number of carbonyl (C=O) groups excluding carboxylic acids is 2. The fourth-order valence-corrected chi connectivity index (χ4v) is 2.42. The predicted octanol–water partition coefficient (Wildman–Crippen LogP) is 0.122. The van der Waals surface area contributed by atoms with Gasteiger partial charge in [0.2, 0.25) is 0 Å². The Morgan fingerprint density at radius 2 is 1.67 bits per heavy atom. The van der Waals surface area contributed by atoms with E-state index in [-0.39, 0.29) is 17.5 Å². The van der Waals surface area contributed by atoms with Crippen LogP contribution < -0.4 is 11.3 Å². The molecule has 2 rings (SSSR count). The maximum atomic E-state index is 11.7. The Bertz CT molecular complexity index is 363. The predicted molar refractivity (Wildman–Crippen MR) is 64.5 cm³/mol. The van der Waals surface area contributed by atoms with E-state index in [9.17, 15) is 9.59 Å². The van der Waals surface area contributed by atoms with Crippen LogP contribution in [0, 0.1) is 5.41 Å². The number of carbonyl (C=O) groups is 2. The third-order valence-electron chi connectivity index (χ3n) is 3.17. The van der Waals surface area contributed by atoms with E-state index in [2.05, 4.69) is 5.43 Å². The van der Waals surface area contributed by atoms with Crippen LogP contribution in [0.3, 0.4) is 0 Å². The standard InChI is InChI=1S/C11H20N4O3/c1-10(2,3)18-9(17)15-6-11(7-15)4-14(5-11)8(16)13-12/h4-7,12H2,1-3H3,(H,13,16). The quantitative estimate of drug-likeness (QED) is 0.366. The monoisotopic (exact) mass is 256 g/mol. The van der Waals surface area contributed by atoms with Crippen molar-refractivity contribution in [3.8, 4) is 0 Å². The number of hydrogen-bond acceptors (Lipinski definition) is 4. The van der Waals surface area contributed by atoms with Crippen LogP contribution in [0.5, 0.6) is 0 Å². The molecular formula is C11H20N4O3. The average molecular weight is 256 g/mol. The van der Waals surface area contributed by atoms with Gasteiger partial charge in [-0.2, -0.15) is 0 Å². The van der Waals surface area contributed by atoms with Crippen molar-refractivity contribution in [1.82, 2.24) is 15.2 Å². The molecular weight excluding hydrogens is 236 g/mol. The minimum Gasteiger partial charge on any atom is -0.444 e. The SMILES string of the molecule is CC(C)(C)OC(=O)N1CC2(CN(C(=O)NN)C2)C1. The Balaban J connectivity index is 1.75. The molecule has 18 heavy (non-hydrogen) atoms. The van der Waals surface area contributed by atoms with Crippen molar-refractivity contribution in [2.75, 3.05) is 26.2 Å². The first kappa shape index (κ1) is 12.9. The molecule has 0 aromatic carbocycles. The highest BCUT2D eigenvalue weighted by molar-refractivity contribution is 5.75. The van der Waals surface area contributed by atoms with Crippen LogP contribution in [0.25, 0.3) is 0 Å². The smallest absolute Gasteiger partial charge is 0.410 e. The number of hydrazine groups is 1. The van der Waals surface area contributed by atoms with Crippen LogP contribution in [0.15, 0.2) is 0 Å². The van der Waals surface area contributed by atoms with Crippen molar-refractivity contribution in [2.45, 2.75) is 26.4 Å². The fraction of sp³-hybridized carbons (Fsp3) is 0.818. The molecule has 7 heteroatoms. The molecule has 0 radical (unpaired) electrons. The first-order valence-electron chi connectivity index (χ1n) is 5.98. The lowest BCUT2D eigenvalue weighted by atomic mass is 9.73. The summed E-state index contributed by atoms with van der Waals surface area (Å²) in [5.74, 6) is 5.05. The summed E-state index contributed by atoms with van der Waals surface area (Å²) in [7, 11) is 0. The van der Waals surface area contributed by atoms with Crippen LogP contribution in [0.1, 0.15) is 20.8 Å². The minimum atomic E-state index is -0.467. The molecule has 0 aliphatic carbocycles. The summed E-state index contributed by atoms with van der Waals surface area (Å²) in [4.78, 5) is 26.2. The maximum Gasteiger partial charge on any atom is 0.410 e. The molecule has 0 bridgehead atoms. The van der Waals surface area contributed by atoms with Crippen LogP contribution >= 0.6 is 0 Å². The molecule has 2 aliphatic heterocycles. The van der Waals surface area contributed by atoms with Crippen molar-refractivity contribution in [3.05, 3.63) is 0 Å². The lowest BCUT2D eigenvalue weighted by molar-refractivity contribution is -0.0950. The summed E-state index contributed by atoms with van der Waals surface area (Å²) in [6.07, 6.45) is -0.283. The summed E-state index contributed by atoms with van der Waals surface area (Å²) in [6.45, 7) is 8.13. The summed E-state index contributed by atoms with van der Waals surface area (Å²) in [5, 5.41) is 0. The van der Waals surface area contributed by atoms with Gasteiger partial charge in [-0.15, -0.1) is 0 Å². The van der Waals surface area contributed by atoms with E-state index < -0.39 is 5.60 Å². The van der Waals surface area contributed by atoms with Gasteiger partial charge >= 0.3 is 12.1 Å². The number of nitrogens with zero attached hydrogens (tertiary/aromatic N) is 2. The number of hydrogen-bond donors (Lipinski definition) is 2. The molecule has 102 valence electrons. The molecule has 3 amide bonds. The number of ether oxygens (including phenoxy) is 1. The van der Waals surface area contributed by atoms with Gasteiger partial charge in [-0.3, -0.25) is 5.43 Å². The second-order valence-corrected chi connectivity index (χ2v) is 6.14. The zero-order valence-corrected chi connectivity index (χ0v) is 11.0. The third-order valence-corrected chi connectivity index (χ3v) is 3.17. The molecule has 0 atom stereocenters. The lowest BCUT2D eigenvalue weighted by Crippen LogP contribution is -2.74. The van der Waals surface area contributed by atoms with Crippen molar-refractivity contribution in [2.24, 2.45) is 11.3 Å². The molecule has 2 fully saturated rings. The second kappa shape index (κ2) is 4.01. The van der Waals surface area contributed by atoms with E-state index >= 15 is 0 Å². The third kappa shape index (κ3) is 2.35. The van der Waals surface area contributed by atoms with Gasteiger partial charge in [-0.25, -0.2) is 15.4 Å². The number of nitrogens with two attached hydrogens (primary N) is 1. The molecule has 0 aromatic heterocycles. The molecule has 2 saturated heterocycles. The van der Waals surface area contributed by atoms with E-state index in [4.69, 9.17) is 10.6 Å². The van der Waals surface area contributed by atoms with Crippen LogP contribution in [-0.2, 0) is 4.74 Å². The minimum absolute atomic E-state index is 0.0589. The number of rotatable bonds is 0. The van der Waals surface area contributed by atoms with E-state index in [1.54, 1.807) is 9.80 Å². The maximum absolute atomic E-state index is 11.7. The number of nitrogens with one attached hydrogen (secondary N) is 1. The van der Waals surface area contributed by atoms with Crippen LogP contribution in [0.4, 0.5) is 9.59 Å². The summed E-state index contributed by atoms with van der Waals surface area (Å²) in [6, 6.07) is -0.267. The molecule has 7 nitrogen and oxygen atoms in total. The Labute approximate surface area is 106 Å². The lowest BCUT2D eigenvalue weighted by Gasteiger charge is -2.59. The van der Waals surface area contributed by atoms with Gasteiger partial charge < -0.3 is 14.5 Å². The molecule has 2 aliphatic rings. The zero-order valence-electron chi connectivity index (χ0n) is 11.0. The zero-order chi connectivity index (χ0) is 13.6. The Hall–Kier alpha value is -1.50. The van der Waals surface area contributed by atoms with Gasteiger partial charge in [0.15, 0.2) is 0 Å². The van der Waals surface area contributed by atoms with Gasteiger partial charge in [-0.1, -0.05) is 0 Å². The number of likely N-dealkylation sites (tertiary alicyclic amines) is 2. The topological polar surface area (TPSA) is 87.9 Å². The number of urea groups is 1. The molecule has 1 spiro atoms. The fourth-order valence-electron chi connectivity index (χ4n) is 2.42. The number of amides is 3. The molecule has 0 unspecified atom stereocenters. The highest BCUT2D eigenvalue weighted by Gasteiger charge is 2.55. The average Bonchev–Trinajstić information content (AvgIpc) is 2.09. The highest BCUT2D eigenvalue weighted by Crippen LogP contribution is 2.39. The van der Waals surface area contributed by atoms with Gasteiger partial charge in [0.05, 0.1) is 0 Å². The van der Waals surface area contributed by atoms with Gasteiger partial charge in [0.1, 0.15) is 5.60 Å². The van der Waals surface area contributed by atoms with Crippen LogP contribution in [0.2, 0.25) is 0 Å². The van der Waals surface area contributed by atoms with Gasteiger partial charge in [0.25, 0.3) is 0 Å².